The molecule has 1 aliphatic heterocycles. The van der Waals surface area contributed by atoms with E-state index in [0.29, 0.717) is 29.5 Å². The summed E-state index contributed by atoms with van der Waals surface area (Å²) >= 11 is 6.03. The molecule has 0 radical (unpaired) electrons. The third kappa shape index (κ3) is 4.48. The Bertz CT molecular complexity index is 750. The van der Waals surface area contributed by atoms with Crippen molar-refractivity contribution in [3.05, 3.63) is 59.6 Å². The van der Waals surface area contributed by atoms with Crippen LogP contribution in [-0.4, -0.2) is 47.3 Å². The van der Waals surface area contributed by atoms with Crippen LogP contribution in [0.2, 0.25) is 5.02 Å². The quantitative estimate of drug-likeness (QED) is 0.872. The summed E-state index contributed by atoms with van der Waals surface area (Å²) in [6.45, 7) is 2.26. The first kappa shape index (κ1) is 18.5. The molecule has 0 aromatic heterocycles. The van der Waals surface area contributed by atoms with Gasteiger partial charge in [-0.15, -0.1) is 0 Å². The van der Waals surface area contributed by atoms with Gasteiger partial charge in [0.15, 0.2) is 6.61 Å². The molecule has 0 spiro atoms. The smallest absolute Gasteiger partial charge is 0.260 e. The maximum atomic E-state index is 12.4. The lowest BCUT2D eigenvalue weighted by Crippen LogP contribution is -2.59. The summed E-state index contributed by atoms with van der Waals surface area (Å²) in [4.78, 5) is 14.0. The molecule has 1 N–H and O–H groups in total. The van der Waals surface area contributed by atoms with Gasteiger partial charge < -0.3 is 19.5 Å². The molecule has 0 unspecified atom stereocenters. The van der Waals surface area contributed by atoms with E-state index < -0.39 is 5.60 Å². The molecule has 2 atom stereocenters. The molecule has 1 aliphatic rings. The number of rotatable bonds is 5. The predicted molar refractivity (Wildman–Crippen MR) is 99.6 cm³/mol. The molecular formula is C20H22ClNO4. The van der Waals surface area contributed by atoms with Crippen molar-refractivity contribution < 1.29 is 19.4 Å². The number of hydrogen-bond acceptors (Lipinski definition) is 4. The van der Waals surface area contributed by atoms with Crippen LogP contribution in [0.5, 0.6) is 11.5 Å². The Balaban J connectivity index is 1.56. The van der Waals surface area contributed by atoms with Crippen molar-refractivity contribution in [1.82, 2.24) is 4.90 Å². The number of likely N-dealkylation sites (tertiary alicyclic amines) is 1. The average Bonchev–Trinajstić information content (AvgIpc) is 2.63. The average molecular weight is 376 g/mol. The first-order valence-electron chi connectivity index (χ1n) is 8.55. The Morgan fingerprint density at radius 3 is 2.62 bits per heavy atom. The molecule has 1 fully saturated rings. The highest BCUT2D eigenvalue weighted by Gasteiger charge is 2.41. The minimum Gasteiger partial charge on any atom is -0.487 e. The van der Waals surface area contributed by atoms with Crippen LogP contribution in [0, 0.1) is 0 Å². The zero-order chi connectivity index (χ0) is 18.6. The number of nitrogens with zero attached hydrogens (tertiary/aromatic N) is 1. The second kappa shape index (κ2) is 7.98. The predicted octanol–water partition coefficient (Wildman–Crippen LogP) is 3.15. The van der Waals surface area contributed by atoms with E-state index in [1.807, 2.05) is 30.3 Å². The van der Waals surface area contributed by atoms with Crippen LogP contribution in [0.3, 0.4) is 0 Å². The fraction of sp³-hybridized carbons (Fsp3) is 0.350. The van der Waals surface area contributed by atoms with Crippen molar-refractivity contribution in [3.8, 4) is 11.5 Å². The number of para-hydroxylation sites is 2. The molecule has 3 rings (SSSR count). The lowest BCUT2D eigenvalue weighted by Gasteiger charge is -2.42. The van der Waals surface area contributed by atoms with Gasteiger partial charge >= 0.3 is 0 Å². The van der Waals surface area contributed by atoms with Gasteiger partial charge in [0.1, 0.15) is 23.2 Å². The van der Waals surface area contributed by atoms with E-state index in [0.717, 1.165) is 0 Å². The van der Waals surface area contributed by atoms with Gasteiger partial charge in [-0.3, -0.25) is 4.79 Å². The standard InChI is InChI=1S/C20H22ClNO4/c1-20(24)14-22(12-11-18(20)26-15-7-3-2-4-8-15)19(23)13-25-17-10-6-5-9-16(17)21/h2-10,18,24H,11-14H2,1H3/t18-,20-/m0/s1. The van der Waals surface area contributed by atoms with Crippen LogP contribution in [0.4, 0.5) is 0 Å². The monoisotopic (exact) mass is 375 g/mol. The molecule has 2 aromatic carbocycles. The molecule has 1 saturated heterocycles. The van der Waals surface area contributed by atoms with Gasteiger partial charge in [-0.25, -0.2) is 0 Å². The molecule has 0 aliphatic carbocycles. The summed E-state index contributed by atoms with van der Waals surface area (Å²) in [5, 5.41) is 11.2. The Morgan fingerprint density at radius 1 is 1.23 bits per heavy atom. The number of amides is 1. The number of aliphatic hydroxyl groups is 1. The van der Waals surface area contributed by atoms with Crippen LogP contribution in [0.25, 0.3) is 0 Å². The van der Waals surface area contributed by atoms with Crippen molar-refractivity contribution in [3.63, 3.8) is 0 Å². The zero-order valence-electron chi connectivity index (χ0n) is 14.6. The van der Waals surface area contributed by atoms with Gasteiger partial charge in [0, 0.05) is 13.0 Å². The number of piperidine rings is 1. The number of β-amino-alcohol motifs (C(OH)–C–C–N with tert-alkyl or cyclic N) is 1. The van der Waals surface area contributed by atoms with E-state index in [1.54, 1.807) is 36.1 Å². The Hall–Kier alpha value is -2.24. The van der Waals surface area contributed by atoms with Crippen LogP contribution < -0.4 is 9.47 Å². The first-order chi connectivity index (χ1) is 12.5. The highest BCUT2D eigenvalue weighted by Crippen LogP contribution is 2.27. The first-order valence-corrected chi connectivity index (χ1v) is 8.93. The van der Waals surface area contributed by atoms with Crippen molar-refractivity contribution in [1.29, 1.82) is 0 Å². The summed E-state index contributed by atoms with van der Waals surface area (Å²) in [5.41, 5.74) is -1.14. The minimum absolute atomic E-state index is 0.121. The van der Waals surface area contributed by atoms with E-state index in [-0.39, 0.29) is 25.2 Å². The molecule has 2 aromatic rings. The van der Waals surface area contributed by atoms with Crippen LogP contribution in [-0.2, 0) is 4.79 Å². The number of benzene rings is 2. The number of hydrogen-bond donors (Lipinski definition) is 1. The highest BCUT2D eigenvalue weighted by atomic mass is 35.5. The van der Waals surface area contributed by atoms with Gasteiger partial charge in [0.25, 0.3) is 5.91 Å². The summed E-state index contributed by atoms with van der Waals surface area (Å²) in [7, 11) is 0. The lowest BCUT2D eigenvalue weighted by molar-refractivity contribution is -0.147. The van der Waals surface area contributed by atoms with Crippen molar-refractivity contribution >= 4 is 17.5 Å². The maximum Gasteiger partial charge on any atom is 0.260 e. The fourth-order valence-electron chi connectivity index (χ4n) is 3.01. The van der Waals surface area contributed by atoms with Gasteiger partial charge in [-0.1, -0.05) is 41.9 Å². The molecule has 0 saturated carbocycles. The van der Waals surface area contributed by atoms with E-state index >= 15 is 0 Å². The number of halogens is 1. The van der Waals surface area contributed by atoms with Gasteiger partial charge in [-0.2, -0.15) is 0 Å². The summed E-state index contributed by atoms with van der Waals surface area (Å²) in [6.07, 6.45) is 0.165. The number of ether oxygens (including phenoxy) is 2. The molecule has 0 bridgehead atoms. The van der Waals surface area contributed by atoms with E-state index in [2.05, 4.69) is 0 Å². The molecular weight excluding hydrogens is 354 g/mol. The molecule has 5 nitrogen and oxygen atoms in total. The summed E-state index contributed by atoms with van der Waals surface area (Å²) < 4.78 is 11.4. The normalized spacial score (nSPS) is 22.7. The minimum atomic E-state index is -1.14. The van der Waals surface area contributed by atoms with Crippen molar-refractivity contribution in [2.24, 2.45) is 0 Å². The maximum absolute atomic E-state index is 12.4. The highest BCUT2D eigenvalue weighted by molar-refractivity contribution is 6.32. The second-order valence-electron chi connectivity index (χ2n) is 6.60. The molecule has 1 amide bonds. The van der Waals surface area contributed by atoms with E-state index in [1.165, 1.54) is 0 Å². The van der Waals surface area contributed by atoms with Crippen molar-refractivity contribution in [2.45, 2.75) is 25.0 Å². The van der Waals surface area contributed by atoms with Crippen molar-refractivity contribution in [2.75, 3.05) is 19.7 Å². The topological polar surface area (TPSA) is 59.0 Å². The van der Waals surface area contributed by atoms with E-state index in [9.17, 15) is 9.90 Å². The third-order valence-electron chi connectivity index (χ3n) is 4.43. The largest absolute Gasteiger partial charge is 0.487 e. The van der Waals surface area contributed by atoms with Gasteiger partial charge in [0.05, 0.1) is 11.6 Å². The fourth-order valence-corrected chi connectivity index (χ4v) is 3.20. The molecule has 138 valence electrons. The molecule has 1 heterocycles. The molecule has 6 heteroatoms. The summed E-state index contributed by atoms with van der Waals surface area (Å²) in [5.74, 6) is 0.986. The second-order valence-corrected chi connectivity index (χ2v) is 7.01. The third-order valence-corrected chi connectivity index (χ3v) is 4.74. The Morgan fingerprint density at radius 2 is 1.92 bits per heavy atom. The van der Waals surface area contributed by atoms with Gasteiger partial charge in [-0.05, 0) is 31.2 Å². The van der Waals surface area contributed by atoms with Crippen LogP contribution >= 0.6 is 11.6 Å². The van der Waals surface area contributed by atoms with Gasteiger partial charge in [0.2, 0.25) is 0 Å². The van der Waals surface area contributed by atoms with Crippen LogP contribution in [0.15, 0.2) is 54.6 Å². The SMILES string of the molecule is C[C@]1(O)CN(C(=O)COc2ccccc2Cl)CC[C@@H]1Oc1ccccc1. The number of carbonyl (C=O) groups is 1. The number of carbonyl (C=O) groups excluding carboxylic acids is 1. The molecule has 26 heavy (non-hydrogen) atoms. The lowest BCUT2D eigenvalue weighted by atomic mass is 9.91. The zero-order valence-corrected chi connectivity index (χ0v) is 15.4. The Kier molecular flexibility index (Phi) is 5.69. The summed E-state index contributed by atoms with van der Waals surface area (Å²) in [6, 6.07) is 16.4. The van der Waals surface area contributed by atoms with E-state index in [4.69, 9.17) is 21.1 Å². The van der Waals surface area contributed by atoms with Crippen LogP contribution in [0.1, 0.15) is 13.3 Å². The Labute approximate surface area is 158 Å².